The van der Waals surface area contributed by atoms with Crippen molar-refractivity contribution in [1.82, 2.24) is 5.32 Å². The lowest BCUT2D eigenvalue weighted by Gasteiger charge is -2.06. The highest BCUT2D eigenvalue weighted by molar-refractivity contribution is 5.98. The van der Waals surface area contributed by atoms with E-state index in [1.807, 2.05) is 0 Å². The summed E-state index contributed by atoms with van der Waals surface area (Å²) in [4.78, 5) is 20.2. The Labute approximate surface area is 84.0 Å². The van der Waals surface area contributed by atoms with Crippen LogP contribution in [-0.4, -0.2) is 29.4 Å². The van der Waals surface area contributed by atoms with Crippen LogP contribution in [0.1, 0.15) is 26.7 Å². The number of rotatable bonds is 2. The molecule has 1 rings (SSSR count). The van der Waals surface area contributed by atoms with Crippen molar-refractivity contribution in [3.05, 3.63) is 12.2 Å². The van der Waals surface area contributed by atoms with E-state index in [2.05, 4.69) is 11.9 Å². The fraction of sp³-hybridized carbons (Fsp3) is 0.600. The molecule has 0 aliphatic carbocycles. The average molecular weight is 199 g/mol. The van der Waals surface area contributed by atoms with E-state index in [1.54, 1.807) is 6.92 Å². The predicted octanol–water partition coefficient (Wildman–Crippen LogP) is 0.975. The highest BCUT2D eigenvalue weighted by Gasteiger charge is 2.21. The second-order valence-corrected chi connectivity index (χ2v) is 3.31. The van der Waals surface area contributed by atoms with Gasteiger partial charge in [-0.15, -0.1) is 0 Å². The molecule has 80 valence electrons. The third-order valence-corrected chi connectivity index (χ3v) is 1.80. The van der Waals surface area contributed by atoms with Gasteiger partial charge >= 0.3 is 0 Å². The molecule has 0 aromatic rings. The van der Waals surface area contributed by atoms with Crippen molar-refractivity contribution in [1.29, 1.82) is 0 Å². The summed E-state index contributed by atoms with van der Waals surface area (Å²) in [5.41, 5.74) is 0.666. The van der Waals surface area contributed by atoms with Crippen LogP contribution in [0.25, 0.3) is 0 Å². The van der Waals surface area contributed by atoms with Crippen molar-refractivity contribution in [3.8, 4) is 0 Å². The molecular weight excluding hydrogens is 182 g/mol. The Kier molecular flexibility index (Phi) is 5.79. The molecule has 0 bridgehead atoms. The zero-order valence-electron chi connectivity index (χ0n) is 8.67. The van der Waals surface area contributed by atoms with E-state index in [-0.39, 0.29) is 11.8 Å². The molecule has 1 unspecified atom stereocenters. The Morgan fingerprint density at radius 1 is 1.43 bits per heavy atom. The SMILES string of the molecule is C=C(C)C(=O)C1CCCN1.CC(=O)O. The van der Waals surface area contributed by atoms with Crippen molar-refractivity contribution >= 4 is 11.8 Å². The molecule has 0 aromatic carbocycles. The van der Waals surface area contributed by atoms with Crippen LogP contribution in [-0.2, 0) is 9.59 Å². The summed E-state index contributed by atoms with van der Waals surface area (Å²) in [5, 5.41) is 10.5. The predicted molar refractivity (Wildman–Crippen MR) is 54.2 cm³/mol. The first kappa shape index (κ1) is 12.8. The first-order chi connectivity index (χ1) is 6.45. The fourth-order valence-electron chi connectivity index (χ4n) is 1.21. The lowest BCUT2D eigenvalue weighted by atomic mass is 10.1. The Morgan fingerprint density at radius 3 is 2.21 bits per heavy atom. The van der Waals surface area contributed by atoms with E-state index < -0.39 is 5.97 Å². The minimum atomic E-state index is -0.833. The molecule has 1 heterocycles. The molecule has 1 atom stereocenters. The molecule has 0 spiro atoms. The van der Waals surface area contributed by atoms with Crippen molar-refractivity contribution in [3.63, 3.8) is 0 Å². The maximum absolute atomic E-state index is 11.2. The van der Waals surface area contributed by atoms with E-state index in [0.717, 1.165) is 26.3 Å². The summed E-state index contributed by atoms with van der Waals surface area (Å²) < 4.78 is 0. The van der Waals surface area contributed by atoms with Crippen LogP contribution in [0.5, 0.6) is 0 Å². The highest BCUT2D eigenvalue weighted by atomic mass is 16.4. The van der Waals surface area contributed by atoms with Crippen LogP contribution in [0.2, 0.25) is 0 Å². The van der Waals surface area contributed by atoms with Gasteiger partial charge in [0.25, 0.3) is 5.97 Å². The van der Waals surface area contributed by atoms with Crippen LogP contribution in [0, 0.1) is 0 Å². The molecule has 0 saturated carbocycles. The van der Waals surface area contributed by atoms with Gasteiger partial charge in [0.05, 0.1) is 6.04 Å². The zero-order valence-corrected chi connectivity index (χ0v) is 8.67. The Hall–Kier alpha value is -1.16. The number of carbonyl (C=O) groups excluding carboxylic acids is 1. The van der Waals surface area contributed by atoms with Gasteiger partial charge < -0.3 is 10.4 Å². The molecule has 1 aliphatic heterocycles. The van der Waals surface area contributed by atoms with E-state index in [9.17, 15) is 4.79 Å². The van der Waals surface area contributed by atoms with Crippen molar-refractivity contribution in [2.24, 2.45) is 0 Å². The van der Waals surface area contributed by atoms with E-state index in [0.29, 0.717) is 5.57 Å². The van der Waals surface area contributed by atoms with Crippen LogP contribution < -0.4 is 5.32 Å². The van der Waals surface area contributed by atoms with Crippen molar-refractivity contribution in [2.75, 3.05) is 6.54 Å². The monoisotopic (exact) mass is 199 g/mol. The number of carboxylic acid groups (broad SMARTS) is 1. The van der Waals surface area contributed by atoms with Crippen LogP contribution in [0.4, 0.5) is 0 Å². The molecule has 14 heavy (non-hydrogen) atoms. The second-order valence-electron chi connectivity index (χ2n) is 3.31. The highest BCUT2D eigenvalue weighted by Crippen LogP contribution is 2.08. The minimum absolute atomic E-state index is 0.0671. The molecule has 1 aliphatic rings. The first-order valence-electron chi connectivity index (χ1n) is 4.57. The number of carboxylic acids is 1. The molecule has 0 radical (unpaired) electrons. The minimum Gasteiger partial charge on any atom is -0.481 e. The van der Waals surface area contributed by atoms with Crippen LogP contribution in [0.3, 0.4) is 0 Å². The summed E-state index contributed by atoms with van der Waals surface area (Å²) in [6.45, 7) is 7.44. The number of Topliss-reactive ketones (excluding diaryl/α,β-unsaturated/α-hetero) is 1. The summed E-state index contributed by atoms with van der Waals surface area (Å²) in [6, 6.07) is 0.0671. The van der Waals surface area contributed by atoms with Gasteiger partial charge in [-0.3, -0.25) is 9.59 Å². The van der Waals surface area contributed by atoms with Gasteiger partial charge in [-0.05, 0) is 31.9 Å². The third kappa shape index (κ3) is 5.48. The van der Waals surface area contributed by atoms with Gasteiger partial charge in [-0.1, -0.05) is 6.58 Å². The largest absolute Gasteiger partial charge is 0.481 e. The number of aliphatic carboxylic acids is 1. The molecule has 4 heteroatoms. The quantitative estimate of drug-likeness (QED) is 0.650. The molecule has 1 fully saturated rings. The summed E-state index contributed by atoms with van der Waals surface area (Å²) in [5.74, 6) is -0.655. The van der Waals surface area contributed by atoms with Crippen molar-refractivity contribution < 1.29 is 14.7 Å². The molecule has 0 amide bonds. The molecule has 2 N–H and O–H groups in total. The van der Waals surface area contributed by atoms with Gasteiger partial charge in [0.15, 0.2) is 5.78 Å². The summed E-state index contributed by atoms with van der Waals surface area (Å²) >= 11 is 0. The van der Waals surface area contributed by atoms with Crippen LogP contribution in [0.15, 0.2) is 12.2 Å². The molecule has 4 nitrogen and oxygen atoms in total. The van der Waals surface area contributed by atoms with Gasteiger partial charge in [0.2, 0.25) is 0 Å². The lowest BCUT2D eigenvalue weighted by Crippen LogP contribution is -2.30. The molecule has 1 saturated heterocycles. The van der Waals surface area contributed by atoms with Crippen LogP contribution >= 0.6 is 0 Å². The van der Waals surface area contributed by atoms with E-state index in [1.165, 1.54) is 0 Å². The number of hydrogen-bond acceptors (Lipinski definition) is 3. The lowest BCUT2D eigenvalue weighted by molar-refractivity contribution is -0.134. The van der Waals surface area contributed by atoms with E-state index in [4.69, 9.17) is 9.90 Å². The molecule has 0 aromatic heterocycles. The second kappa shape index (κ2) is 6.32. The maximum Gasteiger partial charge on any atom is 0.300 e. The Bertz CT molecular complexity index is 226. The maximum atomic E-state index is 11.2. The number of carbonyl (C=O) groups is 2. The van der Waals surface area contributed by atoms with Gasteiger partial charge in [-0.2, -0.15) is 0 Å². The summed E-state index contributed by atoms with van der Waals surface area (Å²) in [7, 11) is 0. The van der Waals surface area contributed by atoms with Gasteiger partial charge in [-0.25, -0.2) is 0 Å². The van der Waals surface area contributed by atoms with E-state index >= 15 is 0 Å². The van der Waals surface area contributed by atoms with Crippen molar-refractivity contribution in [2.45, 2.75) is 32.7 Å². The fourth-order valence-corrected chi connectivity index (χ4v) is 1.21. The third-order valence-electron chi connectivity index (χ3n) is 1.80. The topological polar surface area (TPSA) is 66.4 Å². The average Bonchev–Trinajstić information content (AvgIpc) is 2.53. The first-order valence-corrected chi connectivity index (χ1v) is 4.57. The number of hydrogen-bond donors (Lipinski definition) is 2. The standard InChI is InChI=1S/C8H13NO.C2H4O2/c1-6(2)8(10)7-4-3-5-9-7;1-2(3)4/h7,9H,1,3-5H2,2H3;1H3,(H,3,4). The van der Waals surface area contributed by atoms with Gasteiger partial charge in [0, 0.05) is 6.92 Å². The zero-order chi connectivity index (χ0) is 11.1. The van der Waals surface area contributed by atoms with Gasteiger partial charge in [0.1, 0.15) is 0 Å². The normalized spacial score (nSPS) is 19.4. The summed E-state index contributed by atoms with van der Waals surface area (Å²) in [6.07, 6.45) is 2.09. The Morgan fingerprint density at radius 2 is 1.93 bits per heavy atom. The smallest absolute Gasteiger partial charge is 0.300 e. The Balaban J connectivity index is 0.000000364. The molecular formula is C10H17NO3. The number of nitrogens with one attached hydrogen (secondary N) is 1. The number of ketones is 1.